The van der Waals surface area contributed by atoms with E-state index in [4.69, 9.17) is 10.5 Å². The molecule has 21 heavy (non-hydrogen) atoms. The van der Waals surface area contributed by atoms with Crippen molar-refractivity contribution in [1.82, 2.24) is 9.78 Å². The van der Waals surface area contributed by atoms with E-state index < -0.39 is 0 Å². The lowest BCUT2D eigenvalue weighted by Crippen LogP contribution is -2.00. The number of para-hydroxylation sites is 1. The van der Waals surface area contributed by atoms with E-state index in [0.717, 1.165) is 28.4 Å². The quantitative estimate of drug-likeness (QED) is 0.745. The summed E-state index contributed by atoms with van der Waals surface area (Å²) in [5.74, 6) is 0.832. The number of benzene rings is 2. The van der Waals surface area contributed by atoms with Crippen molar-refractivity contribution in [1.29, 1.82) is 0 Å². The van der Waals surface area contributed by atoms with E-state index in [-0.39, 0.29) is 0 Å². The summed E-state index contributed by atoms with van der Waals surface area (Å²) in [6.07, 6.45) is 1.93. The standard InChI is InChI=1S/C17H17N3O/c1-13-11-14(18)7-8-17(13)21-12-15-9-10-20(19-15)16-5-3-2-4-6-16/h2-11H,12,18H2,1H3. The van der Waals surface area contributed by atoms with Gasteiger partial charge in [0.05, 0.1) is 5.69 Å². The van der Waals surface area contributed by atoms with Crippen molar-refractivity contribution in [3.8, 4) is 11.4 Å². The Morgan fingerprint density at radius 2 is 1.90 bits per heavy atom. The third-order valence-electron chi connectivity index (χ3n) is 3.24. The molecule has 2 N–H and O–H groups in total. The Morgan fingerprint density at radius 3 is 2.67 bits per heavy atom. The molecule has 2 aromatic carbocycles. The van der Waals surface area contributed by atoms with Crippen LogP contribution in [0.1, 0.15) is 11.3 Å². The van der Waals surface area contributed by atoms with E-state index in [2.05, 4.69) is 5.10 Å². The first kappa shape index (κ1) is 13.2. The predicted octanol–water partition coefficient (Wildman–Crippen LogP) is 3.34. The minimum absolute atomic E-state index is 0.435. The fourth-order valence-corrected chi connectivity index (χ4v) is 2.15. The molecule has 0 saturated heterocycles. The molecule has 0 unspecified atom stereocenters. The summed E-state index contributed by atoms with van der Waals surface area (Å²) in [4.78, 5) is 0. The first-order valence-corrected chi connectivity index (χ1v) is 6.81. The Hall–Kier alpha value is -2.75. The van der Waals surface area contributed by atoms with Gasteiger partial charge in [-0.15, -0.1) is 0 Å². The molecule has 0 aliphatic carbocycles. The van der Waals surface area contributed by atoms with Gasteiger partial charge in [-0.1, -0.05) is 18.2 Å². The number of rotatable bonds is 4. The van der Waals surface area contributed by atoms with Gasteiger partial charge in [0.15, 0.2) is 0 Å². The van der Waals surface area contributed by atoms with Crippen LogP contribution >= 0.6 is 0 Å². The molecule has 0 aliphatic heterocycles. The van der Waals surface area contributed by atoms with Gasteiger partial charge < -0.3 is 10.5 Å². The summed E-state index contributed by atoms with van der Waals surface area (Å²) in [6, 6.07) is 17.6. The molecule has 0 radical (unpaired) electrons. The third kappa shape index (κ3) is 3.05. The molecule has 4 nitrogen and oxygen atoms in total. The Kier molecular flexibility index (Phi) is 3.60. The maximum atomic E-state index is 5.80. The van der Waals surface area contributed by atoms with Gasteiger partial charge in [0.25, 0.3) is 0 Å². The number of hydrogen-bond donors (Lipinski definition) is 1. The highest BCUT2D eigenvalue weighted by molar-refractivity contribution is 5.47. The maximum absolute atomic E-state index is 5.80. The van der Waals surface area contributed by atoms with E-state index in [1.807, 2.05) is 72.4 Å². The molecule has 0 fully saturated rings. The summed E-state index contributed by atoms with van der Waals surface area (Å²) in [5.41, 5.74) is 9.42. The van der Waals surface area contributed by atoms with Gasteiger partial charge in [-0.2, -0.15) is 5.10 Å². The number of ether oxygens (including phenoxy) is 1. The summed E-state index contributed by atoms with van der Waals surface area (Å²) in [5, 5.41) is 4.51. The maximum Gasteiger partial charge on any atom is 0.132 e. The van der Waals surface area contributed by atoms with E-state index in [0.29, 0.717) is 6.61 Å². The Morgan fingerprint density at radius 1 is 1.10 bits per heavy atom. The van der Waals surface area contributed by atoms with Gasteiger partial charge in [0.2, 0.25) is 0 Å². The van der Waals surface area contributed by atoms with E-state index >= 15 is 0 Å². The van der Waals surface area contributed by atoms with Gasteiger partial charge in [-0.05, 0) is 48.9 Å². The number of nitrogens with zero attached hydrogens (tertiary/aromatic N) is 2. The molecule has 0 saturated carbocycles. The minimum Gasteiger partial charge on any atom is -0.487 e. The van der Waals surface area contributed by atoms with Crippen LogP contribution < -0.4 is 10.5 Å². The topological polar surface area (TPSA) is 53.1 Å². The predicted molar refractivity (Wildman–Crippen MR) is 83.5 cm³/mol. The van der Waals surface area contributed by atoms with Crippen LogP contribution in [-0.2, 0) is 6.61 Å². The molecule has 1 heterocycles. The van der Waals surface area contributed by atoms with Gasteiger partial charge in [0.1, 0.15) is 18.1 Å². The lowest BCUT2D eigenvalue weighted by Gasteiger charge is -2.08. The van der Waals surface area contributed by atoms with Gasteiger partial charge >= 0.3 is 0 Å². The average Bonchev–Trinajstić information content (AvgIpc) is 2.96. The molecule has 106 valence electrons. The highest BCUT2D eigenvalue weighted by Crippen LogP contribution is 2.21. The second-order valence-corrected chi connectivity index (χ2v) is 4.90. The lowest BCUT2D eigenvalue weighted by molar-refractivity contribution is 0.298. The van der Waals surface area contributed by atoms with Crippen LogP contribution in [0.25, 0.3) is 5.69 Å². The number of aromatic nitrogens is 2. The molecule has 1 aromatic heterocycles. The first-order chi connectivity index (χ1) is 10.2. The smallest absolute Gasteiger partial charge is 0.132 e. The number of nitrogen functional groups attached to an aromatic ring is 1. The molecule has 0 amide bonds. The molecular formula is C17H17N3O. The van der Waals surface area contributed by atoms with Crippen molar-refractivity contribution in [3.63, 3.8) is 0 Å². The Bertz CT molecular complexity index is 735. The minimum atomic E-state index is 0.435. The SMILES string of the molecule is Cc1cc(N)ccc1OCc1ccn(-c2ccccc2)n1. The summed E-state index contributed by atoms with van der Waals surface area (Å²) in [6.45, 7) is 2.42. The van der Waals surface area contributed by atoms with Crippen LogP contribution in [-0.4, -0.2) is 9.78 Å². The van der Waals surface area contributed by atoms with Crippen molar-refractivity contribution < 1.29 is 4.74 Å². The second-order valence-electron chi connectivity index (χ2n) is 4.90. The summed E-state index contributed by atoms with van der Waals surface area (Å²) >= 11 is 0. The van der Waals surface area contributed by atoms with Gasteiger partial charge in [-0.3, -0.25) is 0 Å². The molecule has 4 heteroatoms. The number of hydrogen-bond acceptors (Lipinski definition) is 3. The highest BCUT2D eigenvalue weighted by atomic mass is 16.5. The van der Waals surface area contributed by atoms with Crippen molar-refractivity contribution in [2.45, 2.75) is 13.5 Å². The number of anilines is 1. The lowest BCUT2D eigenvalue weighted by atomic mass is 10.2. The summed E-state index contributed by atoms with van der Waals surface area (Å²) in [7, 11) is 0. The van der Waals surface area contributed by atoms with E-state index in [9.17, 15) is 0 Å². The molecular weight excluding hydrogens is 262 g/mol. The van der Waals surface area contributed by atoms with Crippen molar-refractivity contribution >= 4 is 5.69 Å². The van der Waals surface area contributed by atoms with Crippen LogP contribution in [0.3, 0.4) is 0 Å². The zero-order valence-corrected chi connectivity index (χ0v) is 11.9. The summed E-state index contributed by atoms with van der Waals surface area (Å²) < 4.78 is 7.64. The van der Waals surface area contributed by atoms with Crippen LogP contribution in [0.15, 0.2) is 60.8 Å². The van der Waals surface area contributed by atoms with Crippen LogP contribution in [0.5, 0.6) is 5.75 Å². The van der Waals surface area contributed by atoms with E-state index in [1.165, 1.54) is 0 Å². The molecule has 3 aromatic rings. The Balaban J connectivity index is 1.70. The fourth-order valence-electron chi connectivity index (χ4n) is 2.15. The normalized spacial score (nSPS) is 10.5. The van der Waals surface area contributed by atoms with Crippen LogP contribution in [0, 0.1) is 6.92 Å². The zero-order chi connectivity index (χ0) is 14.7. The van der Waals surface area contributed by atoms with Crippen molar-refractivity contribution in [3.05, 3.63) is 72.1 Å². The highest BCUT2D eigenvalue weighted by Gasteiger charge is 2.04. The third-order valence-corrected chi connectivity index (χ3v) is 3.24. The fraction of sp³-hybridized carbons (Fsp3) is 0.118. The monoisotopic (exact) mass is 279 g/mol. The molecule has 0 aliphatic rings. The van der Waals surface area contributed by atoms with Crippen molar-refractivity contribution in [2.75, 3.05) is 5.73 Å². The molecule has 0 spiro atoms. The number of aryl methyl sites for hydroxylation is 1. The van der Waals surface area contributed by atoms with E-state index in [1.54, 1.807) is 0 Å². The average molecular weight is 279 g/mol. The first-order valence-electron chi connectivity index (χ1n) is 6.81. The Labute approximate surface area is 123 Å². The van der Waals surface area contributed by atoms with Crippen molar-refractivity contribution in [2.24, 2.45) is 0 Å². The van der Waals surface area contributed by atoms with Gasteiger partial charge in [-0.25, -0.2) is 4.68 Å². The molecule has 0 atom stereocenters. The zero-order valence-electron chi connectivity index (χ0n) is 11.9. The van der Waals surface area contributed by atoms with Crippen LogP contribution in [0.2, 0.25) is 0 Å². The number of nitrogens with two attached hydrogens (primary N) is 1. The second kappa shape index (κ2) is 5.71. The molecule has 3 rings (SSSR count). The molecule has 0 bridgehead atoms. The largest absolute Gasteiger partial charge is 0.487 e. The van der Waals surface area contributed by atoms with Gasteiger partial charge in [0, 0.05) is 11.9 Å². The van der Waals surface area contributed by atoms with Crippen LogP contribution in [0.4, 0.5) is 5.69 Å².